The Kier molecular flexibility index (Phi) is 6.84. The molecule has 1 nitrogen and oxygen atoms in total. The van der Waals surface area contributed by atoms with Gasteiger partial charge in [-0.3, -0.25) is 0 Å². The van der Waals surface area contributed by atoms with Crippen LogP contribution in [0, 0.1) is 6.92 Å². The molecule has 1 aliphatic rings. The minimum absolute atomic E-state index is 0. The van der Waals surface area contributed by atoms with Crippen LogP contribution in [0.4, 0.5) is 0 Å². The molecule has 1 N–H and O–H groups in total. The van der Waals surface area contributed by atoms with Crippen molar-refractivity contribution >= 4 is 37.2 Å². The molecule has 4 rings (SSSR count). The summed E-state index contributed by atoms with van der Waals surface area (Å²) < 4.78 is 3.22. The summed E-state index contributed by atoms with van der Waals surface area (Å²) in [5.74, 6) is 0. The van der Waals surface area contributed by atoms with Gasteiger partial charge in [-0.25, -0.2) is 0 Å². The number of halogens is 2. The van der Waals surface area contributed by atoms with E-state index in [0.717, 1.165) is 0 Å². The molecule has 0 unspecified atom stereocenters. The van der Waals surface area contributed by atoms with E-state index in [1.807, 2.05) is 0 Å². The first-order chi connectivity index (χ1) is 11.1. The molecule has 0 saturated carbocycles. The summed E-state index contributed by atoms with van der Waals surface area (Å²) in [4.78, 5) is 3.72. The zero-order valence-electron chi connectivity index (χ0n) is 14.5. The molecule has 0 amide bonds. The van der Waals surface area contributed by atoms with Crippen molar-refractivity contribution in [3.8, 4) is 0 Å². The predicted molar refractivity (Wildman–Crippen MR) is 98.7 cm³/mol. The van der Waals surface area contributed by atoms with Crippen molar-refractivity contribution in [2.75, 3.05) is 0 Å². The van der Waals surface area contributed by atoms with E-state index in [1.54, 1.807) is 8.45 Å². The zero-order valence-corrected chi connectivity index (χ0v) is 19.4. The van der Waals surface area contributed by atoms with Crippen molar-refractivity contribution in [3.63, 3.8) is 0 Å². The molecule has 2 aromatic carbocycles. The molecule has 0 radical (unpaired) electrons. The third-order valence-electron chi connectivity index (χ3n) is 4.55. The molecule has 0 aliphatic heterocycles. The smallest absolute Gasteiger partial charge is 1.00 e. The molecule has 5 heteroatoms. The van der Waals surface area contributed by atoms with Crippen LogP contribution in [0.3, 0.4) is 0 Å². The van der Waals surface area contributed by atoms with Gasteiger partial charge in [0, 0.05) is 0 Å². The summed E-state index contributed by atoms with van der Waals surface area (Å²) in [6, 6.07) is 17.6. The number of rotatable bonds is 2. The molecule has 0 spiro atoms. The summed E-state index contributed by atoms with van der Waals surface area (Å²) in [5, 5.41) is 5.97. The summed E-state index contributed by atoms with van der Waals surface area (Å²) in [7, 11) is -0.436. The number of fused-ring (bicyclic) bond motifs is 2. The van der Waals surface area contributed by atoms with Crippen molar-refractivity contribution in [3.05, 3.63) is 64.5 Å². The summed E-state index contributed by atoms with van der Waals surface area (Å²) in [6.07, 6.45) is 2.46. The number of nitrogens with one attached hydrogen (secondary N) is 1. The van der Waals surface area contributed by atoms with Gasteiger partial charge in [-0.1, -0.05) is 0 Å². The van der Waals surface area contributed by atoms with Gasteiger partial charge < -0.3 is 24.8 Å². The third kappa shape index (κ3) is 3.71. The van der Waals surface area contributed by atoms with Crippen LogP contribution in [0.5, 0.6) is 0 Å². The van der Waals surface area contributed by atoms with Gasteiger partial charge in [0.25, 0.3) is 0 Å². The number of aryl methyl sites for hydroxylation is 1. The van der Waals surface area contributed by atoms with E-state index in [2.05, 4.69) is 79.6 Å². The van der Waals surface area contributed by atoms with Crippen LogP contribution < -0.4 is 38.7 Å². The summed E-state index contributed by atoms with van der Waals surface area (Å²) in [6.45, 7) is 7.11. The number of hydrogen-bond donors (Lipinski definition) is 1. The number of hydrogen-bond acceptors (Lipinski definition) is 0. The van der Waals surface area contributed by atoms with Crippen LogP contribution in [0.2, 0.25) is 13.1 Å². The molecule has 0 atom stereocenters. The Morgan fingerprint density at radius 1 is 0.920 bits per heavy atom. The van der Waals surface area contributed by atoms with Gasteiger partial charge in [0.2, 0.25) is 0 Å². The Morgan fingerprint density at radius 3 is 2.32 bits per heavy atom. The van der Waals surface area contributed by atoms with E-state index in [0.29, 0.717) is 0 Å². The van der Waals surface area contributed by atoms with Crippen molar-refractivity contribution in [2.45, 2.75) is 20.0 Å². The van der Waals surface area contributed by atoms with Crippen LogP contribution in [-0.4, -0.2) is 18.6 Å². The van der Waals surface area contributed by atoms with Crippen molar-refractivity contribution in [1.82, 2.24) is 4.98 Å². The van der Waals surface area contributed by atoms with Crippen LogP contribution in [-0.2, 0) is 23.2 Å². The van der Waals surface area contributed by atoms with E-state index in [1.165, 1.54) is 30.3 Å². The van der Waals surface area contributed by atoms with Gasteiger partial charge in [0.05, 0.1) is 0 Å². The standard InChI is InChI=1S/C11H11Si.C9H8N.2ClH.Zr/c1-12(2)11-7-9-5-3-4-6-10(9)8-11;1-7-6-10-9-5-3-2-4-8(7)9;;;/h3-7H,1-2H3;2-5,10H,1H3;2*1H;/q;;;;+2/p-2. The number of para-hydroxylation sites is 1. The first-order valence-corrected chi connectivity index (χ1v) is 12.9. The third-order valence-corrected chi connectivity index (χ3v) is 10.4. The Hall–Kier alpha value is -0.730. The molecular weight excluding hydrogens is 444 g/mol. The van der Waals surface area contributed by atoms with Gasteiger partial charge in [0.1, 0.15) is 0 Å². The molecule has 1 heterocycles. The van der Waals surface area contributed by atoms with E-state index in [9.17, 15) is 0 Å². The molecule has 1 aromatic heterocycles. The Bertz CT molecular complexity index is 1080. The number of aromatic nitrogens is 1. The maximum atomic E-state index is 3.72. The summed E-state index contributed by atoms with van der Waals surface area (Å²) in [5.41, 5.74) is 2.75. The van der Waals surface area contributed by atoms with E-state index in [4.69, 9.17) is 0 Å². The second-order valence-corrected chi connectivity index (χ2v) is 11.9. The normalized spacial score (nSPS) is 12.0. The second kappa shape index (κ2) is 8.31. The van der Waals surface area contributed by atoms with Gasteiger partial charge >= 0.3 is 150 Å². The van der Waals surface area contributed by atoms with E-state index in [-0.39, 0.29) is 24.8 Å². The molecule has 3 aromatic rings. The molecule has 0 bridgehead atoms. The van der Waals surface area contributed by atoms with Crippen LogP contribution >= 0.6 is 0 Å². The quantitative estimate of drug-likeness (QED) is 0.377. The summed E-state index contributed by atoms with van der Waals surface area (Å²) >= 11 is -0.840. The van der Waals surface area contributed by atoms with E-state index >= 15 is 0 Å². The largest absolute Gasteiger partial charge is 1.00 e. The predicted octanol–water partition coefficient (Wildman–Crippen LogP) is -3.70. The van der Waals surface area contributed by atoms with Gasteiger partial charge in [0.15, 0.2) is 0 Å². The minimum atomic E-state index is -0.840. The maximum absolute atomic E-state index is 3.72. The maximum Gasteiger partial charge on any atom is -1.00 e. The minimum Gasteiger partial charge on any atom is -1.00 e. The fourth-order valence-electron chi connectivity index (χ4n) is 3.28. The van der Waals surface area contributed by atoms with Crippen molar-refractivity contribution < 1.29 is 48.0 Å². The van der Waals surface area contributed by atoms with Gasteiger partial charge in [-0.15, -0.1) is 0 Å². The average Bonchev–Trinajstić information content (AvgIpc) is 3.08. The van der Waals surface area contributed by atoms with Crippen LogP contribution in [0.1, 0.15) is 5.56 Å². The molecular formula is C20H19Cl2NSiZr. The molecule has 25 heavy (non-hydrogen) atoms. The van der Waals surface area contributed by atoms with E-state index < -0.39 is 31.6 Å². The average molecular weight is 464 g/mol. The monoisotopic (exact) mass is 461 g/mol. The zero-order chi connectivity index (χ0) is 16.0. The SMILES string of the molecule is Cc1[c]([Zr+2][C]2=c3ccccc3=CC2=[Si](C)C)[nH]c2ccccc12.[Cl-].[Cl-]. The van der Waals surface area contributed by atoms with Gasteiger partial charge in [-0.05, 0) is 0 Å². The molecule has 1 aliphatic carbocycles. The fourth-order valence-corrected chi connectivity index (χ4v) is 9.87. The Balaban J connectivity index is 0.00000113. The second-order valence-electron chi connectivity index (χ2n) is 6.32. The van der Waals surface area contributed by atoms with Crippen LogP contribution in [0.15, 0.2) is 48.5 Å². The number of aromatic amines is 1. The Labute approximate surface area is 173 Å². The first-order valence-electron chi connectivity index (χ1n) is 7.98. The molecule has 0 fully saturated rings. The van der Waals surface area contributed by atoms with Crippen LogP contribution in [0.25, 0.3) is 20.3 Å². The topological polar surface area (TPSA) is 15.8 Å². The first kappa shape index (κ1) is 20.6. The Morgan fingerprint density at radius 2 is 1.60 bits per heavy atom. The van der Waals surface area contributed by atoms with Crippen molar-refractivity contribution in [2.24, 2.45) is 0 Å². The molecule has 0 saturated heterocycles. The van der Waals surface area contributed by atoms with Crippen molar-refractivity contribution in [1.29, 1.82) is 0 Å². The van der Waals surface area contributed by atoms with Gasteiger partial charge in [-0.2, -0.15) is 0 Å². The number of benzene rings is 2. The number of H-pyrrole nitrogens is 1. The molecule has 126 valence electrons. The fraction of sp³-hybridized carbons (Fsp3) is 0.150.